The number of carbonyl (C=O) groups is 4. The molecule has 0 spiro atoms. The summed E-state index contributed by atoms with van der Waals surface area (Å²) in [4.78, 5) is 55.4. The highest BCUT2D eigenvalue weighted by molar-refractivity contribution is 7.93. The first-order chi connectivity index (χ1) is 22.7. The Morgan fingerprint density at radius 2 is 1.23 bits per heavy atom. The lowest BCUT2D eigenvalue weighted by atomic mass is 10.0. The van der Waals surface area contributed by atoms with E-state index in [1.807, 2.05) is 35.9 Å². The van der Waals surface area contributed by atoms with Crippen molar-refractivity contribution in [2.45, 2.75) is 17.7 Å². The van der Waals surface area contributed by atoms with Crippen molar-refractivity contribution in [1.29, 1.82) is 0 Å². The van der Waals surface area contributed by atoms with Crippen LogP contribution in [0.3, 0.4) is 0 Å². The maximum Gasteiger partial charge on any atom is 0.363 e. The summed E-state index contributed by atoms with van der Waals surface area (Å²) in [6.07, 6.45) is -0.117. The average Bonchev–Trinajstić information content (AvgIpc) is 3.37. The molecule has 2 heterocycles. The fraction of sp³-hybridized carbons (Fsp3) is 0.0938. The van der Waals surface area contributed by atoms with Crippen LogP contribution in [0.5, 0.6) is 0 Å². The Hall–Kier alpha value is -5.58. The van der Waals surface area contributed by atoms with Gasteiger partial charge in [0.2, 0.25) is 11.0 Å². The number of carbonyl (C=O) groups excluding carboxylic acids is 4. The molecule has 6 rings (SSSR count). The van der Waals surface area contributed by atoms with Crippen molar-refractivity contribution >= 4 is 71.7 Å². The average molecular weight is 694 g/mol. The molecule has 48 heavy (non-hydrogen) atoms. The number of benzene rings is 4. The maximum absolute atomic E-state index is 14.5. The SMILES string of the molecule is C[n+]1c2ccccc2c(C(=O)N(c2ccccc2)S(=O)(=O)c2ccc(C(=O)ON3C(=O)CCC3=O)cc2)c2ccccc21.O=S(=O)([O-])F. The van der Waals surface area contributed by atoms with Gasteiger partial charge in [0.1, 0.15) is 7.05 Å². The third-order valence-electron chi connectivity index (χ3n) is 7.27. The largest absolute Gasteiger partial charge is 0.722 e. The summed E-state index contributed by atoms with van der Waals surface area (Å²) < 4.78 is 66.5. The number of sulfonamides is 1. The lowest BCUT2D eigenvalue weighted by Gasteiger charge is -2.24. The molecule has 0 bridgehead atoms. The Morgan fingerprint density at radius 3 is 1.73 bits per heavy atom. The molecule has 0 radical (unpaired) electrons. The fourth-order valence-corrected chi connectivity index (χ4v) is 6.55. The second-order valence-electron chi connectivity index (χ2n) is 10.3. The van der Waals surface area contributed by atoms with Gasteiger partial charge in [-0.25, -0.2) is 21.6 Å². The van der Waals surface area contributed by atoms with E-state index in [9.17, 15) is 31.5 Å². The first-order valence-corrected chi connectivity index (χ1v) is 16.7. The quantitative estimate of drug-likeness (QED) is 0.0840. The molecule has 5 aromatic rings. The minimum absolute atomic E-state index is 0.0586. The molecule has 3 amide bonds. The van der Waals surface area contributed by atoms with Crippen molar-refractivity contribution < 1.29 is 53.9 Å². The summed E-state index contributed by atoms with van der Waals surface area (Å²) in [6, 6.07) is 27.3. The van der Waals surface area contributed by atoms with Gasteiger partial charge in [-0.1, -0.05) is 42.5 Å². The topological polar surface area (TPSA) is 179 Å². The summed E-state index contributed by atoms with van der Waals surface area (Å²) >= 11 is 0. The minimum Gasteiger partial charge on any atom is -0.722 e. The normalized spacial score (nSPS) is 13.3. The standard InChI is InChI=1S/C32H24N3O7S.FHO3S/c1-33-26-13-7-5-11-24(26)30(25-12-6-8-14-27(25)33)31(38)35(22-9-3-2-4-10-22)43(40,41)23-17-15-21(16-18-23)32(39)42-34-28(36)19-20-29(34)37;1-5(2,3)4/h2-18H,19-20H2,1H3;(H,2,3,4)/q+1;/p-1. The molecule has 1 aliphatic heterocycles. The number of hydrogen-bond donors (Lipinski definition) is 0. The van der Waals surface area contributed by atoms with Gasteiger partial charge in [0.15, 0.2) is 0 Å². The maximum atomic E-state index is 14.5. The molecule has 246 valence electrons. The van der Waals surface area contributed by atoms with Crippen LogP contribution in [-0.4, -0.2) is 50.1 Å². The molecule has 1 fully saturated rings. The molecule has 0 aliphatic carbocycles. The number of aryl methyl sites for hydroxylation is 1. The van der Waals surface area contributed by atoms with Gasteiger partial charge >= 0.3 is 5.97 Å². The van der Waals surface area contributed by atoms with E-state index >= 15 is 0 Å². The van der Waals surface area contributed by atoms with Crippen LogP contribution in [0.25, 0.3) is 21.8 Å². The lowest BCUT2D eigenvalue weighted by Crippen LogP contribution is -2.39. The van der Waals surface area contributed by atoms with E-state index in [1.54, 1.807) is 42.5 Å². The number of fused-ring (bicyclic) bond motifs is 2. The minimum atomic E-state index is -5.42. The number of pyridine rings is 1. The highest BCUT2D eigenvalue weighted by Crippen LogP contribution is 2.31. The van der Waals surface area contributed by atoms with Crippen LogP contribution in [0.2, 0.25) is 0 Å². The van der Waals surface area contributed by atoms with Crippen LogP contribution in [0, 0.1) is 0 Å². The predicted molar refractivity (Wildman–Crippen MR) is 167 cm³/mol. The number of amides is 3. The van der Waals surface area contributed by atoms with Crippen molar-refractivity contribution in [1.82, 2.24) is 5.06 Å². The molecule has 16 heteroatoms. The summed E-state index contributed by atoms with van der Waals surface area (Å²) in [5.74, 6) is -3.03. The first kappa shape index (κ1) is 33.8. The molecule has 1 aliphatic rings. The lowest BCUT2D eigenvalue weighted by molar-refractivity contribution is -0.617. The number of nitrogens with zero attached hydrogens (tertiary/aromatic N) is 3. The van der Waals surface area contributed by atoms with E-state index < -0.39 is 44.2 Å². The number of hydroxylamine groups is 2. The molecule has 1 saturated heterocycles. The van der Waals surface area contributed by atoms with Gasteiger partial charge in [-0.05, 0) is 48.5 Å². The van der Waals surface area contributed by atoms with Crippen molar-refractivity contribution in [3.63, 3.8) is 0 Å². The zero-order chi connectivity index (χ0) is 34.8. The number of para-hydroxylation sites is 3. The third kappa shape index (κ3) is 6.90. The Kier molecular flexibility index (Phi) is 9.33. The molecule has 0 unspecified atom stereocenters. The summed E-state index contributed by atoms with van der Waals surface area (Å²) in [5.41, 5.74) is 1.75. The smallest absolute Gasteiger partial charge is 0.363 e. The Bertz CT molecular complexity index is 2240. The Balaban J connectivity index is 0.000000840. The van der Waals surface area contributed by atoms with E-state index in [4.69, 9.17) is 17.8 Å². The van der Waals surface area contributed by atoms with Gasteiger partial charge < -0.3 is 9.39 Å². The third-order valence-corrected chi connectivity index (χ3v) is 8.99. The summed E-state index contributed by atoms with van der Waals surface area (Å²) in [6.45, 7) is 0. The molecule has 0 saturated carbocycles. The van der Waals surface area contributed by atoms with E-state index in [0.29, 0.717) is 15.8 Å². The number of rotatable bonds is 6. The highest BCUT2D eigenvalue weighted by atomic mass is 32.3. The number of halogens is 1. The van der Waals surface area contributed by atoms with Crippen LogP contribution in [-0.2, 0) is 42.0 Å². The van der Waals surface area contributed by atoms with E-state index in [0.717, 1.165) is 15.3 Å². The zero-order valence-corrected chi connectivity index (χ0v) is 26.5. The number of aromatic nitrogens is 1. The van der Waals surface area contributed by atoms with Gasteiger partial charge in [0.25, 0.3) is 38.2 Å². The predicted octanol–water partition coefficient (Wildman–Crippen LogP) is 3.49. The van der Waals surface area contributed by atoms with Crippen molar-refractivity contribution in [2.24, 2.45) is 7.05 Å². The number of imide groups is 1. The molecule has 1 aromatic heterocycles. The molecule has 4 aromatic carbocycles. The van der Waals surface area contributed by atoms with Crippen LogP contribution < -0.4 is 8.87 Å². The first-order valence-electron chi connectivity index (χ1n) is 14.0. The van der Waals surface area contributed by atoms with Crippen LogP contribution in [0.1, 0.15) is 33.6 Å². The molecular formula is C32H24FN3O10S2. The van der Waals surface area contributed by atoms with Crippen LogP contribution in [0.15, 0.2) is 108 Å². The van der Waals surface area contributed by atoms with E-state index in [-0.39, 0.29) is 34.6 Å². The van der Waals surface area contributed by atoms with Gasteiger partial charge in [0.05, 0.1) is 32.5 Å². The van der Waals surface area contributed by atoms with Crippen molar-refractivity contribution in [3.8, 4) is 0 Å². The second-order valence-corrected chi connectivity index (χ2v) is 12.8. The zero-order valence-electron chi connectivity index (χ0n) is 24.8. The number of hydrogen-bond acceptors (Lipinski definition) is 10. The van der Waals surface area contributed by atoms with Gasteiger partial charge in [0, 0.05) is 25.0 Å². The van der Waals surface area contributed by atoms with Gasteiger partial charge in [-0.15, -0.1) is 8.95 Å². The monoisotopic (exact) mass is 693 g/mol. The van der Waals surface area contributed by atoms with Crippen molar-refractivity contribution in [2.75, 3.05) is 4.31 Å². The fourth-order valence-electron chi connectivity index (χ4n) is 5.15. The van der Waals surface area contributed by atoms with E-state index in [1.165, 1.54) is 36.4 Å². The van der Waals surface area contributed by atoms with Gasteiger partial charge in [-0.2, -0.15) is 8.87 Å². The second kappa shape index (κ2) is 13.3. The molecule has 0 N–H and O–H groups in total. The Labute approximate surface area is 273 Å². The van der Waals surface area contributed by atoms with E-state index in [2.05, 4.69) is 0 Å². The highest BCUT2D eigenvalue weighted by Gasteiger charge is 2.36. The molecule has 0 atom stereocenters. The Morgan fingerprint density at radius 1 is 0.771 bits per heavy atom. The van der Waals surface area contributed by atoms with Gasteiger partial charge in [-0.3, -0.25) is 14.4 Å². The van der Waals surface area contributed by atoms with Crippen LogP contribution >= 0.6 is 0 Å². The summed E-state index contributed by atoms with van der Waals surface area (Å²) in [7, 11) is -8.06. The van der Waals surface area contributed by atoms with Crippen LogP contribution in [0.4, 0.5) is 9.57 Å². The summed E-state index contributed by atoms with van der Waals surface area (Å²) in [5, 5.41) is 1.57. The van der Waals surface area contributed by atoms with Crippen molar-refractivity contribution in [3.05, 3.63) is 114 Å². The number of anilines is 1. The molecule has 13 nitrogen and oxygen atoms in total. The molecular weight excluding hydrogens is 669 g/mol.